The molecule has 0 fully saturated rings. The number of nitrogens with two attached hydrogens (primary N) is 2. The number of nitrogens with one attached hydrogen (secondary N) is 5. The van der Waals surface area contributed by atoms with Crippen LogP contribution in [0, 0.1) is 5.92 Å². The molecule has 2 rings (SSSR count). The second-order valence-electron chi connectivity index (χ2n) is 17.4. The van der Waals surface area contributed by atoms with Gasteiger partial charge in [-0.2, -0.15) is 0 Å². The van der Waals surface area contributed by atoms with Crippen molar-refractivity contribution in [2.75, 3.05) is 0 Å². The minimum absolute atomic E-state index is 0.0114. The Labute approximate surface area is 397 Å². The molecule has 0 saturated carbocycles. The van der Waals surface area contributed by atoms with Crippen LogP contribution in [-0.4, -0.2) is 93.8 Å². The Bertz CT molecular complexity index is 1850. The first-order valence-corrected chi connectivity index (χ1v) is 23.9. The van der Waals surface area contributed by atoms with Gasteiger partial charge < -0.3 is 48.3 Å². The molecule has 366 valence electrons. The topological polar surface area (TPSA) is 289 Å². The van der Waals surface area contributed by atoms with Crippen molar-refractivity contribution < 1.29 is 48.6 Å². The smallest absolute Gasteiger partial charge is 0.326 e. The molecule has 7 amide bonds. The second kappa shape index (κ2) is 31.5. The third-order valence-corrected chi connectivity index (χ3v) is 11.5. The van der Waals surface area contributed by atoms with E-state index in [4.69, 9.17) is 11.5 Å². The summed E-state index contributed by atoms with van der Waals surface area (Å²) in [5.74, 6) is -5.68. The van der Waals surface area contributed by atoms with Crippen LogP contribution in [0.5, 0.6) is 0 Å². The standard InChI is InChI=1S/C48H72BrN7O10/c1-31(2)27-37(45(62)53-36(44(51)61)28-34-23-25-35(49)26-24-34)54-47(64)43(32(3)57)56-42(60)22-18-13-11-9-7-5-4-6-8-10-12-17-21-41(59)52-38(30-40(50)58)46(63)55-39(48(65)66)29-33-19-15-14-16-20-33/h14-16,19-20,23-26,31-32,36-39,43,57H,4-13,17-18,21-22,27-30H2,1-3H3,(H2,50,58)(H2,51,61)(H,52,59)(H,53,62)(H,54,64)(H,55,63)(H,56,60)(H,65,66)/t32-,36-,37-,38-,39-,43-/m0/s1. The van der Waals surface area contributed by atoms with Crippen LogP contribution in [0.25, 0.3) is 0 Å². The molecule has 0 aliphatic heterocycles. The van der Waals surface area contributed by atoms with E-state index >= 15 is 0 Å². The summed E-state index contributed by atoms with van der Waals surface area (Å²) in [5, 5.41) is 32.9. The minimum atomic E-state index is -1.28. The summed E-state index contributed by atoms with van der Waals surface area (Å²) in [5.41, 5.74) is 12.4. The zero-order valence-electron chi connectivity index (χ0n) is 38.7. The van der Waals surface area contributed by atoms with Gasteiger partial charge in [0.15, 0.2) is 0 Å². The summed E-state index contributed by atoms with van der Waals surface area (Å²) in [6.45, 7) is 5.14. The molecule has 18 heteroatoms. The number of halogens is 1. The third kappa shape index (κ3) is 24.2. The largest absolute Gasteiger partial charge is 0.480 e. The number of primary amides is 2. The average molecular weight is 987 g/mol. The number of aliphatic hydroxyl groups is 1. The Morgan fingerprint density at radius 1 is 0.545 bits per heavy atom. The molecule has 0 spiro atoms. The van der Waals surface area contributed by atoms with Gasteiger partial charge in [0.05, 0.1) is 12.5 Å². The molecule has 0 aliphatic carbocycles. The van der Waals surface area contributed by atoms with Crippen LogP contribution >= 0.6 is 15.9 Å². The van der Waals surface area contributed by atoms with E-state index in [1.807, 2.05) is 26.0 Å². The van der Waals surface area contributed by atoms with Gasteiger partial charge in [-0.1, -0.05) is 136 Å². The number of rotatable bonds is 34. The van der Waals surface area contributed by atoms with E-state index in [0.717, 1.165) is 74.2 Å². The number of hydrogen-bond donors (Lipinski definition) is 9. The van der Waals surface area contributed by atoms with E-state index in [1.165, 1.54) is 6.92 Å². The van der Waals surface area contributed by atoms with Gasteiger partial charge in [-0.15, -0.1) is 0 Å². The number of amides is 7. The summed E-state index contributed by atoms with van der Waals surface area (Å²) in [4.78, 5) is 101. The fourth-order valence-electron chi connectivity index (χ4n) is 7.30. The van der Waals surface area contributed by atoms with Gasteiger partial charge in [0.2, 0.25) is 41.4 Å². The molecule has 0 aliphatic rings. The zero-order chi connectivity index (χ0) is 49.0. The number of aliphatic carboxylic acids is 1. The molecule has 0 aromatic heterocycles. The fraction of sp³-hybridized carbons (Fsp3) is 0.583. The first-order valence-electron chi connectivity index (χ1n) is 23.1. The molecule has 17 nitrogen and oxygen atoms in total. The highest BCUT2D eigenvalue weighted by Crippen LogP contribution is 2.15. The summed E-state index contributed by atoms with van der Waals surface area (Å²) in [6.07, 6.45) is 10.1. The van der Waals surface area contributed by atoms with E-state index in [-0.39, 0.29) is 43.9 Å². The molecule has 0 saturated heterocycles. The van der Waals surface area contributed by atoms with Crippen LogP contribution in [0.2, 0.25) is 0 Å². The number of benzene rings is 2. The lowest BCUT2D eigenvalue weighted by Crippen LogP contribution is -2.59. The second-order valence-corrected chi connectivity index (χ2v) is 18.3. The Morgan fingerprint density at radius 2 is 0.985 bits per heavy atom. The lowest BCUT2D eigenvalue weighted by molar-refractivity contribution is -0.142. The van der Waals surface area contributed by atoms with Gasteiger partial charge in [0.1, 0.15) is 30.2 Å². The van der Waals surface area contributed by atoms with E-state index in [9.17, 15) is 48.6 Å². The fourth-order valence-corrected chi connectivity index (χ4v) is 7.57. The van der Waals surface area contributed by atoms with Crippen molar-refractivity contribution in [3.05, 3.63) is 70.2 Å². The highest BCUT2D eigenvalue weighted by Gasteiger charge is 2.32. The first kappa shape index (κ1) is 56.8. The van der Waals surface area contributed by atoms with Crippen molar-refractivity contribution in [3.63, 3.8) is 0 Å². The number of unbranched alkanes of at least 4 members (excludes halogenated alkanes) is 11. The van der Waals surface area contributed by atoms with Crippen molar-refractivity contribution in [3.8, 4) is 0 Å². The molecule has 0 radical (unpaired) electrons. The highest BCUT2D eigenvalue weighted by molar-refractivity contribution is 9.10. The van der Waals surface area contributed by atoms with Crippen LogP contribution < -0.4 is 38.1 Å². The summed E-state index contributed by atoms with van der Waals surface area (Å²) in [6, 6.07) is 10.1. The van der Waals surface area contributed by atoms with Crippen molar-refractivity contribution in [2.45, 2.75) is 173 Å². The van der Waals surface area contributed by atoms with E-state index in [2.05, 4.69) is 42.5 Å². The van der Waals surface area contributed by atoms with Crippen molar-refractivity contribution in [2.24, 2.45) is 17.4 Å². The number of carboxylic acid groups (broad SMARTS) is 1. The quantitative estimate of drug-likeness (QED) is 0.0455. The first-order chi connectivity index (χ1) is 31.4. The van der Waals surface area contributed by atoms with E-state index < -0.39 is 84.1 Å². The number of aliphatic hydroxyl groups excluding tert-OH is 1. The van der Waals surface area contributed by atoms with Gasteiger partial charge in [-0.05, 0) is 55.4 Å². The lowest BCUT2D eigenvalue weighted by atomic mass is 10.0. The van der Waals surface area contributed by atoms with Crippen molar-refractivity contribution >= 4 is 63.2 Å². The molecule has 2 aromatic rings. The molecular weight excluding hydrogens is 914 g/mol. The number of carbonyl (C=O) groups excluding carboxylic acids is 7. The molecule has 6 atom stereocenters. The van der Waals surface area contributed by atoms with Crippen molar-refractivity contribution in [1.29, 1.82) is 0 Å². The predicted octanol–water partition coefficient (Wildman–Crippen LogP) is 3.99. The molecule has 11 N–H and O–H groups in total. The lowest BCUT2D eigenvalue weighted by Gasteiger charge is -2.27. The molecule has 0 bridgehead atoms. The van der Waals surface area contributed by atoms with Gasteiger partial charge in [-0.3, -0.25) is 33.6 Å². The van der Waals surface area contributed by atoms with Gasteiger partial charge in [0, 0.05) is 30.2 Å². The van der Waals surface area contributed by atoms with Crippen LogP contribution in [0.1, 0.15) is 135 Å². The summed E-state index contributed by atoms with van der Waals surface area (Å²) < 4.78 is 0.858. The SMILES string of the molecule is CC(C)C[C@H](NC(=O)[C@@H](NC(=O)CCCCCCCCCCCCCCC(=O)N[C@@H](CC(N)=O)C(=O)N[C@@H](Cc1ccccc1)C(=O)O)[C@H](C)O)C(=O)N[C@@H](Cc1ccc(Br)cc1)C(N)=O. The van der Waals surface area contributed by atoms with Crippen LogP contribution in [0.4, 0.5) is 0 Å². The molecule has 2 aromatic carbocycles. The summed E-state index contributed by atoms with van der Waals surface area (Å²) >= 11 is 3.37. The third-order valence-electron chi connectivity index (χ3n) is 10.9. The van der Waals surface area contributed by atoms with Crippen molar-refractivity contribution in [1.82, 2.24) is 26.6 Å². The number of hydrogen-bond acceptors (Lipinski definition) is 9. The van der Waals surface area contributed by atoms with E-state index in [0.29, 0.717) is 18.4 Å². The Morgan fingerprint density at radius 3 is 1.45 bits per heavy atom. The molecule has 66 heavy (non-hydrogen) atoms. The Kier molecular flexibility index (Phi) is 27.1. The molecule has 0 heterocycles. The molecule has 0 unspecified atom stereocenters. The maximum Gasteiger partial charge on any atom is 0.326 e. The maximum absolute atomic E-state index is 13.3. The highest BCUT2D eigenvalue weighted by atomic mass is 79.9. The van der Waals surface area contributed by atoms with E-state index in [1.54, 1.807) is 42.5 Å². The maximum atomic E-state index is 13.3. The zero-order valence-corrected chi connectivity index (χ0v) is 40.2. The Balaban J connectivity index is 1.63. The number of carboxylic acids is 1. The van der Waals surface area contributed by atoms with Gasteiger partial charge >= 0.3 is 5.97 Å². The van der Waals surface area contributed by atoms with Crippen LogP contribution in [0.15, 0.2) is 59.1 Å². The molecular formula is C48H72BrN7O10. The number of carbonyl (C=O) groups is 8. The average Bonchev–Trinajstić information content (AvgIpc) is 3.25. The predicted molar refractivity (Wildman–Crippen MR) is 254 cm³/mol. The van der Waals surface area contributed by atoms with Gasteiger partial charge in [-0.25, -0.2) is 4.79 Å². The minimum Gasteiger partial charge on any atom is -0.480 e. The Hall–Kier alpha value is -5.36. The van der Waals surface area contributed by atoms with Gasteiger partial charge in [0.25, 0.3) is 0 Å². The van der Waals surface area contributed by atoms with Crippen LogP contribution in [-0.2, 0) is 51.2 Å². The summed E-state index contributed by atoms with van der Waals surface area (Å²) in [7, 11) is 0. The normalized spacial score (nSPS) is 13.8. The monoisotopic (exact) mass is 985 g/mol. The van der Waals surface area contributed by atoms with Crippen LogP contribution in [0.3, 0.4) is 0 Å².